The summed E-state index contributed by atoms with van der Waals surface area (Å²) in [5, 5.41) is 20.0. The van der Waals surface area contributed by atoms with Gasteiger partial charge in [0.25, 0.3) is 5.91 Å². The Kier molecular flexibility index (Phi) is 8.46. The quantitative estimate of drug-likeness (QED) is 0.318. The number of para-hydroxylation sites is 2. The number of amides is 2. The van der Waals surface area contributed by atoms with Crippen molar-refractivity contribution in [1.82, 2.24) is 5.32 Å². The average Bonchev–Trinajstić information content (AvgIpc) is 3.33. The van der Waals surface area contributed by atoms with Crippen LogP contribution < -0.4 is 20.7 Å². The van der Waals surface area contributed by atoms with Crippen LogP contribution in [0.1, 0.15) is 24.4 Å². The molecular weight excluding hydrogens is 524 g/mol. The number of carbonyl (C=O) groups excluding carboxylic acids is 2. The first-order valence-corrected chi connectivity index (χ1v) is 13.0. The number of aryl methyl sites for hydroxylation is 1. The molecule has 0 saturated carbocycles. The van der Waals surface area contributed by atoms with Crippen molar-refractivity contribution >= 4 is 46.6 Å². The lowest BCUT2D eigenvalue weighted by molar-refractivity contribution is -0.114. The highest BCUT2D eigenvalue weighted by atomic mass is 35.5. The van der Waals surface area contributed by atoms with E-state index in [1.54, 1.807) is 74.5 Å². The largest absolute Gasteiger partial charge is 0.495 e. The van der Waals surface area contributed by atoms with Crippen LogP contribution in [0.2, 0.25) is 5.02 Å². The Labute approximate surface area is 229 Å². The maximum Gasteiger partial charge on any atom is 0.254 e. The van der Waals surface area contributed by atoms with E-state index in [2.05, 4.69) is 22.0 Å². The number of anilines is 2. The number of benzene rings is 2. The van der Waals surface area contributed by atoms with Gasteiger partial charge in [0.05, 0.1) is 46.7 Å². The number of hydrogen-bond acceptors (Lipinski definition) is 7. The number of nitriles is 1. The van der Waals surface area contributed by atoms with E-state index in [4.69, 9.17) is 20.8 Å². The number of rotatable bonds is 8. The molecule has 3 aromatic rings. The van der Waals surface area contributed by atoms with Crippen LogP contribution in [0.4, 0.5) is 11.4 Å². The lowest BCUT2D eigenvalue weighted by Crippen LogP contribution is -2.31. The summed E-state index contributed by atoms with van der Waals surface area (Å²) in [6, 6.07) is 19.7. The maximum atomic E-state index is 13.6. The third-order valence-corrected chi connectivity index (χ3v) is 7.00. The predicted octanol–water partition coefficient (Wildman–Crippen LogP) is 5.96. The number of thioether (sulfide) groups is 1. The van der Waals surface area contributed by atoms with Gasteiger partial charge in [0.1, 0.15) is 17.3 Å². The van der Waals surface area contributed by atoms with Gasteiger partial charge in [-0.1, -0.05) is 41.6 Å². The molecule has 10 heteroatoms. The number of methoxy groups -OCH3 is 1. The molecule has 0 saturated heterocycles. The van der Waals surface area contributed by atoms with Gasteiger partial charge in [-0.15, -0.1) is 0 Å². The zero-order chi connectivity index (χ0) is 27.2. The molecule has 194 valence electrons. The van der Waals surface area contributed by atoms with Gasteiger partial charge in [-0.25, -0.2) is 0 Å². The van der Waals surface area contributed by atoms with Crippen LogP contribution in [-0.4, -0.2) is 24.7 Å². The van der Waals surface area contributed by atoms with E-state index in [1.165, 1.54) is 18.9 Å². The molecule has 0 radical (unpaired) electrons. The van der Waals surface area contributed by atoms with E-state index in [-0.39, 0.29) is 17.2 Å². The van der Waals surface area contributed by atoms with Crippen LogP contribution in [0, 0.1) is 18.3 Å². The fourth-order valence-electron chi connectivity index (χ4n) is 4.06. The first-order valence-electron chi connectivity index (χ1n) is 11.6. The summed E-state index contributed by atoms with van der Waals surface area (Å²) in [4.78, 5) is 26.2. The van der Waals surface area contributed by atoms with Crippen molar-refractivity contribution in [1.29, 1.82) is 5.26 Å². The molecule has 0 fully saturated rings. The Morgan fingerprint density at radius 3 is 2.61 bits per heavy atom. The number of carbonyl (C=O) groups is 2. The van der Waals surface area contributed by atoms with Crippen LogP contribution in [0.15, 0.2) is 87.0 Å². The fourth-order valence-corrected chi connectivity index (χ4v) is 5.14. The van der Waals surface area contributed by atoms with Gasteiger partial charge in [0.15, 0.2) is 0 Å². The van der Waals surface area contributed by atoms with Crippen molar-refractivity contribution in [2.24, 2.45) is 0 Å². The summed E-state index contributed by atoms with van der Waals surface area (Å²) in [7, 11) is 1.52. The Bertz CT molecular complexity index is 1490. The van der Waals surface area contributed by atoms with Crippen LogP contribution in [-0.2, 0) is 9.59 Å². The summed E-state index contributed by atoms with van der Waals surface area (Å²) >= 11 is 7.17. The van der Waals surface area contributed by atoms with Crippen molar-refractivity contribution in [2.75, 3.05) is 23.5 Å². The number of dihydropyridines is 1. The standard InChI is InChI=1S/C28H25ClN4O4S/c1-16-11-12-23(37-16)26-20(14-30)28(38-15-24(34)32-19-8-6-7-18(29)13-19)31-17(2)25(26)27(35)33-21-9-4-5-10-22(21)36-3/h4-13,26,31H,15H2,1-3H3,(H,32,34)(H,33,35)/t26-/m0/s1. The molecule has 2 aromatic carbocycles. The number of hydrogen-bond donors (Lipinski definition) is 3. The molecule has 0 spiro atoms. The Morgan fingerprint density at radius 2 is 1.92 bits per heavy atom. The van der Waals surface area contributed by atoms with Gasteiger partial charge in [0.2, 0.25) is 5.91 Å². The second-order valence-electron chi connectivity index (χ2n) is 8.40. The molecule has 1 aliphatic rings. The number of allylic oxidation sites excluding steroid dienone is 2. The normalized spacial score (nSPS) is 15.0. The molecule has 2 amide bonds. The molecule has 1 atom stereocenters. The SMILES string of the molecule is COc1ccccc1NC(=O)C1=C(C)NC(SCC(=O)Nc2cccc(Cl)c2)=C(C#N)[C@H]1c1ccc(C)o1. The van der Waals surface area contributed by atoms with Gasteiger partial charge in [-0.2, -0.15) is 5.26 Å². The number of nitrogens with one attached hydrogen (secondary N) is 3. The number of halogens is 1. The number of ether oxygens (including phenoxy) is 1. The Balaban J connectivity index is 1.62. The summed E-state index contributed by atoms with van der Waals surface area (Å²) in [6.45, 7) is 3.54. The third-order valence-electron chi connectivity index (χ3n) is 5.75. The average molecular weight is 549 g/mol. The van der Waals surface area contributed by atoms with Gasteiger partial charge in [-0.05, 0) is 56.3 Å². The molecule has 2 heterocycles. The molecule has 38 heavy (non-hydrogen) atoms. The lowest BCUT2D eigenvalue weighted by atomic mass is 9.85. The Hall–Kier alpha value is -4.13. The van der Waals surface area contributed by atoms with Crippen LogP contribution in [0.3, 0.4) is 0 Å². The summed E-state index contributed by atoms with van der Waals surface area (Å²) in [5.41, 5.74) is 2.21. The molecule has 0 bridgehead atoms. The number of nitrogens with zero attached hydrogens (tertiary/aromatic N) is 1. The van der Waals surface area contributed by atoms with Gasteiger partial charge in [0, 0.05) is 16.4 Å². The highest BCUT2D eigenvalue weighted by molar-refractivity contribution is 8.03. The van der Waals surface area contributed by atoms with Crippen molar-refractivity contribution in [3.63, 3.8) is 0 Å². The van der Waals surface area contributed by atoms with E-state index in [0.29, 0.717) is 50.0 Å². The third kappa shape index (κ3) is 6.05. The van der Waals surface area contributed by atoms with Crippen LogP contribution >= 0.6 is 23.4 Å². The first kappa shape index (κ1) is 26.9. The predicted molar refractivity (Wildman–Crippen MR) is 149 cm³/mol. The van der Waals surface area contributed by atoms with Crippen LogP contribution in [0.25, 0.3) is 0 Å². The van der Waals surface area contributed by atoms with Crippen molar-refractivity contribution in [3.05, 3.63) is 99.1 Å². The van der Waals surface area contributed by atoms with E-state index >= 15 is 0 Å². The fraction of sp³-hybridized carbons (Fsp3) is 0.179. The zero-order valence-electron chi connectivity index (χ0n) is 20.9. The minimum Gasteiger partial charge on any atom is -0.495 e. The number of furan rings is 1. The molecule has 8 nitrogen and oxygen atoms in total. The van der Waals surface area contributed by atoms with Crippen molar-refractivity contribution in [2.45, 2.75) is 19.8 Å². The first-order chi connectivity index (χ1) is 18.3. The molecule has 0 aliphatic carbocycles. The summed E-state index contributed by atoms with van der Waals surface area (Å²) in [5.74, 6) is 0.179. The van der Waals surface area contributed by atoms with Gasteiger partial charge < -0.3 is 25.1 Å². The maximum absolute atomic E-state index is 13.6. The minimum atomic E-state index is -0.775. The molecule has 1 aliphatic heterocycles. The monoisotopic (exact) mass is 548 g/mol. The van der Waals surface area contributed by atoms with Crippen LogP contribution in [0.5, 0.6) is 5.75 Å². The minimum absolute atomic E-state index is 0.0277. The van der Waals surface area contributed by atoms with E-state index < -0.39 is 11.8 Å². The Morgan fingerprint density at radius 1 is 1.13 bits per heavy atom. The highest BCUT2D eigenvalue weighted by Crippen LogP contribution is 2.42. The summed E-state index contributed by atoms with van der Waals surface area (Å²) < 4.78 is 11.3. The van der Waals surface area contributed by atoms with E-state index in [1.807, 2.05) is 0 Å². The zero-order valence-corrected chi connectivity index (χ0v) is 22.5. The highest BCUT2D eigenvalue weighted by Gasteiger charge is 2.37. The van der Waals surface area contributed by atoms with E-state index in [0.717, 1.165) is 0 Å². The summed E-state index contributed by atoms with van der Waals surface area (Å²) in [6.07, 6.45) is 0. The molecule has 1 aromatic heterocycles. The van der Waals surface area contributed by atoms with Crippen molar-refractivity contribution in [3.8, 4) is 11.8 Å². The molecule has 3 N–H and O–H groups in total. The second kappa shape index (κ2) is 11.9. The van der Waals surface area contributed by atoms with Gasteiger partial charge >= 0.3 is 0 Å². The molecule has 4 rings (SSSR count). The lowest BCUT2D eigenvalue weighted by Gasteiger charge is -2.28. The smallest absolute Gasteiger partial charge is 0.254 e. The van der Waals surface area contributed by atoms with E-state index in [9.17, 15) is 14.9 Å². The van der Waals surface area contributed by atoms with Gasteiger partial charge in [-0.3, -0.25) is 9.59 Å². The molecule has 0 unspecified atom stereocenters. The second-order valence-corrected chi connectivity index (χ2v) is 9.82. The van der Waals surface area contributed by atoms with Crippen molar-refractivity contribution < 1.29 is 18.7 Å². The topological polar surface area (TPSA) is 116 Å². The molecular formula is C28H25ClN4O4S.